The fourth-order valence-corrected chi connectivity index (χ4v) is 2.21. The molecule has 84 valence electrons. The smallest absolute Gasteiger partial charge is 0.0980 e. The van der Waals surface area contributed by atoms with E-state index in [0.29, 0.717) is 11.4 Å². The molecule has 1 atom stereocenters. The van der Waals surface area contributed by atoms with E-state index < -0.39 is 5.54 Å². The molecule has 1 aromatic rings. The molecule has 0 aromatic heterocycles. The third kappa shape index (κ3) is 1.99. The summed E-state index contributed by atoms with van der Waals surface area (Å²) in [4.78, 5) is 0. The minimum atomic E-state index is -0.571. The van der Waals surface area contributed by atoms with Crippen LogP contribution in [0.25, 0.3) is 0 Å². The van der Waals surface area contributed by atoms with Crippen molar-refractivity contribution in [3.05, 3.63) is 58.8 Å². The van der Waals surface area contributed by atoms with Gasteiger partial charge in [-0.1, -0.05) is 42.0 Å². The normalized spacial score (nSPS) is 24.1. The Kier molecular flexibility index (Phi) is 3.03. The molecule has 0 bridgehead atoms. The molecule has 2 rings (SSSR count). The van der Waals surface area contributed by atoms with Crippen molar-refractivity contribution in [1.29, 1.82) is 0 Å². The van der Waals surface area contributed by atoms with Gasteiger partial charge >= 0.3 is 0 Å². The van der Waals surface area contributed by atoms with Crippen LogP contribution < -0.4 is 5.73 Å². The summed E-state index contributed by atoms with van der Waals surface area (Å²) < 4.78 is 5.23. The van der Waals surface area contributed by atoms with E-state index in [1.54, 1.807) is 7.11 Å². The van der Waals surface area contributed by atoms with Crippen LogP contribution in [0.2, 0.25) is 5.02 Å². The highest BCUT2D eigenvalue weighted by atomic mass is 35.5. The van der Waals surface area contributed by atoms with Gasteiger partial charge in [-0.2, -0.15) is 0 Å². The number of methoxy groups -OCH3 is 1. The molecule has 0 aliphatic heterocycles. The molecule has 1 aliphatic rings. The van der Waals surface area contributed by atoms with E-state index in [4.69, 9.17) is 22.1 Å². The van der Waals surface area contributed by atoms with Crippen molar-refractivity contribution >= 4 is 11.6 Å². The van der Waals surface area contributed by atoms with Crippen molar-refractivity contribution in [3.8, 4) is 0 Å². The highest BCUT2D eigenvalue weighted by Crippen LogP contribution is 2.34. The Morgan fingerprint density at radius 3 is 2.81 bits per heavy atom. The van der Waals surface area contributed by atoms with Gasteiger partial charge in [-0.25, -0.2) is 0 Å². The molecule has 0 heterocycles. The van der Waals surface area contributed by atoms with E-state index in [9.17, 15) is 0 Å². The van der Waals surface area contributed by atoms with Crippen LogP contribution in [-0.2, 0) is 10.3 Å². The lowest BCUT2D eigenvalue weighted by Crippen LogP contribution is -2.36. The average Bonchev–Trinajstić information content (AvgIpc) is 2.29. The summed E-state index contributed by atoms with van der Waals surface area (Å²) in [5.41, 5.74) is 6.71. The number of rotatable bonds is 2. The van der Waals surface area contributed by atoms with Crippen LogP contribution in [0.15, 0.2) is 48.3 Å². The highest BCUT2D eigenvalue weighted by Gasteiger charge is 2.29. The molecule has 0 amide bonds. The van der Waals surface area contributed by atoms with Gasteiger partial charge in [0, 0.05) is 11.4 Å². The molecule has 1 aliphatic carbocycles. The fraction of sp³-hybridized carbons (Fsp3) is 0.231. The third-order valence-corrected chi connectivity index (χ3v) is 3.11. The Morgan fingerprint density at radius 1 is 1.38 bits per heavy atom. The maximum atomic E-state index is 6.36. The maximum Gasteiger partial charge on any atom is 0.0980 e. The lowest BCUT2D eigenvalue weighted by Gasteiger charge is -2.30. The molecule has 2 nitrogen and oxygen atoms in total. The van der Waals surface area contributed by atoms with E-state index in [1.165, 1.54) is 0 Å². The quantitative estimate of drug-likeness (QED) is 0.856. The van der Waals surface area contributed by atoms with Gasteiger partial charge in [0.2, 0.25) is 0 Å². The summed E-state index contributed by atoms with van der Waals surface area (Å²) in [5.74, 6) is 0.866. The number of allylic oxidation sites excluding steroid dienone is 2. The van der Waals surface area contributed by atoms with Gasteiger partial charge in [-0.15, -0.1) is 0 Å². The second-order valence-electron chi connectivity index (χ2n) is 3.89. The van der Waals surface area contributed by atoms with Crippen molar-refractivity contribution in [2.45, 2.75) is 12.0 Å². The zero-order chi connectivity index (χ0) is 11.6. The van der Waals surface area contributed by atoms with Crippen LogP contribution in [0.4, 0.5) is 0 Å². The first-order valence-electron chi connectivity index (χ1n) is 5.12. The minimum absolute atomic E-state index is 0.571. The van der Waals surface area contributed by atoms with Crippen molar-refractivity contribution in [3.63, 3.8) is 0 Å². The second-order valence-corrected chi connectivity index (χ2v) is 4.30. The van der Waals surface area contributed by atoms with E-state index in [2.05, 4.69) is 0 Å². The van der Waals surface area contributed by atoms with Crippen molar-refractivity contribution < 1.29 is 4.74 Å². The lowest BCUT2D eigenvalue weighted by molar-refractivity contribution is 0.257. The Morgan fingerprint density at radius 2 is 2.12 bits per heavy atom. The van der Waals surface area contributed by atoms with Crippen LogP contribution in [0.3, 0.4) is 0 Å². The van der Waals surface area contributed by atoms with Crippen LogP contribution in [0, 0.1) is 0 Å². The molecule has 16 heavy (non-hydrogen) atoms. The summed E-state index contributed by atoms with van der Waals surface area (Å²) in [6.45, 7) is 0. The van der Waals surface area contributed by atoms with E-state index in [0.717, 1.165) is 11.3 Å². The first-order valence-corrected chi connectivity index (χ1v) is 5.50. The van der Waals surface area contributed by atoms with Gasteiger partial charge in [-0.05, 0) is 17.7 Å². The predicted octanol–water partition coefficient (Wildman–Crippen LogP) is 2.98. The lowest BCUT2D eigenvalue weighted by atomic mass is 9.84. The topological polar surface area (TPSA) is 35.2 Å². The van der Waals surface area contributed by atoms with Crippen LogP contribution in [-0.4, -0.2) is 7.11 Å². The van der Waals surface area contributed by atoms with Crippen molar-refractivity contribution in [2.75, 3.05) is 7.11 Å². The minimum Gasteiger partial charge on any atom is -0.501 e. The Hall–Kier alpha value is -1.25. The molecule has 0 saturated heterocycles. The van der Waals surface area contributed by atoms with Crippen LogP contribution in [0.1, 0.15) is 12.0 Å². The van der Waals surface area contributed by atoms with E-state index in [1.807, 2.05) is 42.5 Å². The zero-order valence-corrected chi connectivity index (χ0v) is 9.87. The first kappa shape index (κ1) is 11.2. The monoisotopic (exact) mass is 235 g/mol. The number of nitrogens with two attached hydrogens (primary N) is 1. The molecule has 1 aromatic carbocycles. The van der Waals surface area contributed by atoms with Crippen LogP contribution in [0.5, 0.6) is 0 Å². The number of hydrogen-bond donors (Lipinski definition) is 1. The van der Waals surface area contributed by atoms with Crippen molar-refractivity contribution in [1.82, 2.24) is 0 Å². The first-order chi connectivity index (χ1) is 7.65. The molecule has 2 N–H and O–H groups in total. The van der Waals surface area contributed by atoms with Gasteiger partial charge in [-0.3, -0.25) is 0 Å². The molecule has 3 heteroatoms. The largest absolute Gasteiger partial charge is 0.501 e. The highest BCUT2D eigenvalue weighted by molar-refractivity contribution is 6.31. The Balaban J connectivity index is 2.38. The third-order valence-electron chi connectivity index (χ3n) is 2.78. The summed E-state index contributed by atoms with van der Waals surface area (Å²) in [5, 5.41) is 0.687. The number of halogens is 1. The van der Waals surface area contributed by atoms with Gasteiger partial charge in [0.05, 0.1) is 18.4 Å². The summed E-state index contributed by atoms with van der Waals surface area (Å²) >= 11 is 6.16. The molecule has 1 unspecified atom stereocenters. The molecular weight excluding hydrogens is 222 g/mol. The number of benzene rings is 1. The summed E-state index contributed by atoms with van der Waals surface area (Å²) in [6.07, 6.45) is 6.41. The maximum absolute atomic E-state index is 6.36. The molecule has 0 saturated carbocycles. The fourth-order valence-electron chi connectivity index (χ4n) is 1.90. The zero-order valence-electron chi connectivity index (χ0n) is 9.11. The molecule has 0 spiro atoms. The van der Waals surface area contributed by atoms with Gasteiger partial charge in [0.25, 0.3) is 0 Å². The van der Waals surface area contributed by atoms with Gasteiger partial charge < -0.3 is 10.5 Å². The van der Waals surface area contributed by atoms with Gasteiger partial charge in [0.15, 0.2) is 0 Å². The second kappa shape index (κ2) is 4.32. The number of hydrogen-bond acceptors (Lipinski definition) is 2. The average molecular weight is 236 g/mol. The SMILES string of the molecule is COC1=CC=CC(N)(c2ccccc2Cl)C1. The predicted molar refractivity (Wildman–Crippen MR) is 66.2 cm³/mol. The van der Waals surface area contributed by atoms with Gasteiger partial charge in [0.1, 0.15) is 0 Å². The van der Waals surface area contributed by atoms with E-state index >= 15 is 0 Å². The summed E-state index contributed by atoms with van der Waals surface area (Å²) in [7, 11) is 1.65. The summed E-state index contributed by atoms with van der Waals surface area (Å²) in [6, 6.07) is 7.64. The van der Waals surface area contributed by atoms with Crippen LogP contribution >= 0.6 is 11.6 Å². The molecule has 0 fully saturated rings. The molecule has 0 radical (unpaired) electrons. The molecular formula is C13H14ClNO. The standard InChI is InChI=1S/C13H14ClNO/c1-16-10-5-4-8-13(15,9-10)11-6-2-3-7-12(11)14/h2-8H,9,15H2,1H3. The Labute approximate surface area is 100 Å². The Bertz CT molecular complexity index is 453. The van der Waals surface area contributed by atoms with Crippen molar-refractivity contribution in [2.24, 2.45) is 5.73 Å². The number of ether oxygens (including phenoxy) is 1. The van der Waals surface area contributed by atoms with E-state index in [-0.39, 0.29) is 0 Å².